The molecule has 0 saturated carbocycles. The van der Waals surface area contributed by atoms with E-state index in [1.165, 1.54) is 16.4 Å². The molecule has 0 radical (unpaired) electrons. The van der Waals surface area contributed by atoms with Crippen molar-refractivity contribution in [3.05, 3.63) is 88.9 Å². The highest BCUT2D eigenvalue weighted by Crippen LogP contribution is 2.33. The van der Waals surface area contributed by atoms with Gasteiger partial charge in [-0.15, -0.1) is 0 Å². The number of aromatic nitrogens is 1. The molecule has 5 rings (SSSR count). The van der Waals surface area contributed by atoms with Crippen LogP contribution in [0.5, 0.6) is 0 Å². The normalized spacial score (nSPS) is 14.5. The van der Waals surface area contributed by atoms with E-state index in [-0.39, 0.29) is 17.3 Å². The first-order valence-corrected chi connectivity index (χ1v) is 14.2. The van der Waals surface area contributed by atoms with Crippen molar-refractivity contribution in [3.63, 3.8) is 0 Å². The predicted octanol–water partition coefficient (Wildman–Crippen LogP) is 4.73. The summed E-state index contributed by atoms with van der Waals surface area (Å²) < 4.78 is 28.3. The minimum absolute atomic E-state index is 0.108. The predicted molar refractivity (Wildman–Crippen MR) is 144 cm³/mol. The van der Waals surface area contributed by atoms with Crippen LogP contribution < -0.4 is 4.90 Å². The Bertz CT molecular complexity index is 1480. The maximum absolute atomic E-state index is 13.1. The van der Waals surface area contributed by atoms with E-state index in [2.05, 4.69) is 9.88 Å². The molecule has 3 aromatic carbocycles. The summed E-state index contributed by atoms with van der Waals surface area (Å²) in [6.45, 7) is 2.72. The third kappa shape index (κ3) is 4.97. The molecular formula is C26H25ClN4O3S2. The van der Waals surface area contributed by atoms with Gasteiger partial charge in [0.25, 0.3) is 5.91 Å². The fraction of sp³-hybridized carbons (Fsp3) is 0.231. The molecule has 0 N–H and O–H groups in total. The van der Waals surface area contributed by atoms with Gasteiger partial charge in [-0.1, -0.05) is 59.3 Å². The third-order valence-electron chi connectivity index (χ3n) is 6.25. The molecule has 0 atom stereocenters. The summed E-state index contributed by atoms with van der Waals surface area (Å²) >= 11 is 7.86. The molecular weight excluding hydrogens is 516 g/mol. The summed E-state index contributed by atoms with van der Waals surface area (Å²) in [4.78, 5) is 21.9. The second-order valence-electron chi connectivity index (χ2n) is 8.63. The van der Waals surface area contributed by atoms with Gasteiger partial charge in [-0.25, -0.2) is 13.4 Å². The zero-order valence-electron chi connectivity index (χ0n) is 19.7. The number of thiazole rings is 1. The Kier molecular flexibility index (Phi) is 6.98. The first-order chi connectivity index (χ1) is 17.3. The molecule has 0 unspecified atom stereocenters. The van der Waals surface area contributed by atoms with E-state index >= 15 is 0 Å². The van der Waals surface area contributed by atoms with Crippen LogP contribution in [0.3, 0.4) is 0 Å². The summed E-state index contributed by atoms with van der Waals surface area (Å²) in [6.07, 6.45) is 0. The highest BCUT2D eigenvalue weighted by molar-refractivity contribution is 7.89. The highest BCUT2D eigenvalue weighted by Gasteiger charge is 2.26. The number of para-hydroxylation sites is 1. The second-order valence-corrected chi connectivity index (χ2v) is 12.1. The molecule has 10 heteroatoms. The fourth-order valence-corrected chi connectivity index (χ4v) is 6.67. The Morgan fingerprint density at radius 2 is 1.67 bits per heavy atom. The van der Waals surface area contributed by atoms with E-state index in [0.29, 0.717) is 36.8 Å². The smallest absolute Gasteiger partial charge is 0.253 e. The number of carbonyl (C=O) groups is 1. The zero-order chi connectivity index (χ0) is 25.3. The summed E-state index contributed by atoms with van der Waals surface area (Å²) in [7, 11) is -2.11. The fourth-order valence-electron chi connectivity index (χ4n) is 4.20. The van der Waals surface area contributed by atoms with Gasteiger partial charge in [0.1, 0.15) is 5.52 Å². The largest absolute Gasteiger partial charge is 0.345 e. The van der Waals surface area contributed by atoms with Crippen LogP contribution in [0.1, 0.15) is 15.9 Å². The Morgan fingerprint density at radius 1 is 0.972 bits per heavy atom. The van der Waals surface area contributed by atoms with Crippen LogP contribution in [0.2, 0.25) is 5.02 Å². The van der Waals surface area contributed by atoms with E-state index in [9.17, 15) is 13.2 Å². The maximum atomic E-state index is 13.1. The molecule has 1 fully saturated rings. The highest BCUT2D eigenvalue weighted by atomic mass is 35.5. The van der Waals surface area contributed by atoms with E-state index < -0.39 is 10.0 Å². The number of sulfonamides is 1. The maximum Gasteiger partial charge on any atom is 0.253 e. The quantitative estimate of drug-likeness (QED) is 0.353. The number of rotatable bonds is 6. The summed E-state index contributed by atoms with van der Waals surface area (Å²) in [5.41, 5.74) is 2.19. The third-order valence-corrected chi connectivity index (χ3v) is 9.46. The molecule has 1 amide bonds. The van der Waals surface area contributed by atoms with Gasteiger partial charge in [-0.05, 0) is 42.0 Å². The number of amides is 1. The molecule has 186 valence electrons. The van der Waals surface area contributed by atoms with Gasteiger partial charge >= 0.3 is 0 Å². The topological polar surface area (TPSA) is 73.8 Å². The van der Waals surface area contributed by atoms with Crippen LogP contribution in [0.15, 0.2) is 77.7 Å². The Morgan fingerprint density at radius 3 is 2.33 bits per heavy atom. The number of piperazine rings is 1. The molecule has 1 saturated heterocycles. The van der Waals surface area contributed by atoms with Gasteiger partial charge in [-0.2, -0.15) is 4.31 Å². The van der Waals surface area contributed by atoms with Crippen molar-refractivity contribution < 1.29 is 13.2 Å². The average molecular weight is 541 g/mol. The standard InChI is InChI=1S/C26H25ClN4O3S2/c1-29(18-19-6-3-2-4-7-19)36(33,34)21-12-10-20(11-13-21)25(32)30-14-16-31(17-15-30)26-28-24-22(27)8-5-9-23(24)35-26/h2-13H,14-18H2,1H3. The van der Waals surface area contributed by atoms with Crippen molar-refractivity contribution in [2.24, 2.45) is 0 Å². The van der Waals surface area contributed by atoms with Gasteiger partial charge < -0.3 is 9.80 Å². The van der Waals surface area contributed by atoms with E-state index in [1.807, 2.05) is 48.5 Å². The Labute approximate surface area is 219 Å². The number of benzene rings is 3. The van der Waals surface area contributed by atoms with Gasteiger partial charge in [0.15, 0.2) is 5.13 Å². The van der Waals surface area contributed by atoms with Crippen molar-refractivity contribution in [2.45, 2.75) is 11.4 Å². The number of hydrogen-bond acceptors (Lipinski definition) is 6. The number of halogens is 1. The van der Waals surface area contributed by atoms with Crippen LogP contribution in [-0.4, -0.2) is 61.7 Å². The van der Waals surface area contributed by atoms with Crippen LogP contribution in [0.4, 0.5) is 5.13 Å². The minimum atomic E-state index is -3.67. The molecule has 1 aromatic heterocycles. The average Bonchev–Trinajstić information content (AvgIpc) is 3.35. The Hall–Kier alpha value is -2.98. The van der Waals surface area contributed by atoms with Crippen molar-refractivity contribution in [3.8, 4) is 0 Å². The summed E-state index contributed by atoms with van der Waals surface area (Å²) in [5.74, 6) is -0.108. The van der Waals surface area contributed by atoms with Crippen molar-refractivity contribution in [1.82, 2.24) is 14.2 Å². The molecule has 0 spiro atoms. The molecule has 1 aliphatic rings. The Balaban J connectivity index is 1.22. The van der Waals surface area contributed by atoms with Gasteiger partial charge in [-0.3, -0.25) is 4.79 Å². The van der Waals surface area contributed by atoms with Crippen LogP contribution in [0, 0.1) is 0 Å². The van der Waals surface area contributed by atoms with E-state index in [4.69, 9.17) is 11.6 Å². The molecule has 1 aliphatic heterocycles. The lowest BCUT2D eigenvalue weighted by Gasteiger charge is -2.34. The SMILES string of the molecule is CN(Cc1ccccc1)S(=O)(=O)c1ccc(C(=O)N2CCN(c3nc4c(Cl)cccc4s3)CC2)cc1. The van der Waals surface area contributed by atoms with E-state index in [1.54, 1.807) is 35.4 Å². The second kappa shape index (κ2) is 10.2. The van der Waals surface area contributed by atoms with Crippen molar-refractivity contribution in [1.29, 1.82) is 0 Å². The van der Waals surface area contributed by atoms with Gasteiger partial charge in [0.2, 0.25) is 10.0 Å². The lowest BCUT2D eigenvalue weighted by molar-refractivity contribution is 0.0746. The number of anilines is 1. The van der Waals surface area contributed by atoms with Crippen LogP contribution in [-0.2, 0) is 16.6 Å². The first kappa shape index (κ1) is 24.7. The molecule has 7 nitrogen and oxygen atoms in total. The van der Waals surface area contributed by atoms with Crippen molar-refractivity contribution >= 4 is 54.2 Å². The molecule has 2 heterocycles. The zero-order valence-corrected chi connectivity index (χ0v) is 22.1. The molecule has 4 aromatic rings. The monoisotopic (exact) mass is 540 g/mol. The lowest BCUT2D eigenvalue weighted by Crippen LogP contribution is -2.48. The molecule has 0 bridgehead atoms. The first-order valence-electron chi connectivity index (χ1n) is 11.5. The van der Waals surface area contributed by atoms with Gasteiger partial charge in [0, 0.05) is 45.3 Å². The minimum Gasteiger partial charge on any atom is -0.345 e. The van der Waals surface area contributed by atoms with E-state index in [0.717, 1.165) is 20.9 Å². The summed E-state index contributed by atoms with van der Waals surface area (Å²) in [6, 6.07) is 21.4. The number of nitrogens with zero attached hydrogens (tertiary/aromatic N) is 4. The van der Waals surface area contributed by atoms with Crippen molar-refractivity contribution in [2.75, 3.05) is 38.1 Å². The van der Waals surface area contributed by atoms with Crippen LogP contribution >= 0.6 is 22.9 Å². The summed E-state index contributed by atoms with van der Waals surface area (Å²) in [5, 5.41) is 1.54. The molecule has 0 aliphatic carbocycles. The van der Waals surface area contributed by atoms with Crippen LogP contribution in [0.25, 0.3) is 10.2 Å². The van der Waals surface area contributed by atoms with Gasteiger partial charge in [0.05, 0.1) is 14.6 Å². The lowest BCUT2D eigenvalue weighted by atomic mass is 10.2. The number of carbonyl (C=O) groups excluding carboxylic acids is 1. The number of hydrogen-bond donors (Lipinski definition) is 0. The number of fused-ring (bicyclic) bond motifs is 1. The molecule has 36 heavy (non-hydrogen) atoms.